The normalized spacial score (nSPS) is 9.82. The Hall–Kier alpha value is -1.59. The maximum absolute atomic E-state index is 11.7. The fourth-order valence-electron chi connectivity index (χ4n) is 1.11. The predicted molar refractivity (Wildman–Crippen MR) is 63.6 cm³/mol. The molecule has 0 aliphatic heterocycles. The molecule has 1 aromatic carbocycles. The number of hydroxylamine groups is 2. The van der Waals surface area contributed by atoms with E-state index in [0.717, 1.165) is 5.06 Å². The molecule has 0 aliphatic rings. The van der Waals surface area contributed by atoms with Crippen LogP contribution in [0, 0.1) is 0 Å². The van der Waals surface area contributed by atoms with Gasteiger partial charge in [-0.3, -0.25) is 14.4 Å². The summed E-state index contributed by atoms with van der Waals surface area (Å²) < 4.78 is 0. The van der Waals surface area contributed by atoms with E-state index in [4.69, 9.17) is 11.6 Å². The van der Waals surface area contributed by atoms with Crippen LogP contribution in [0.25, 0.3) is 0 Å². The highest BCUT2D eigenvalue weighted by Crippen LogP contribution is 2.14. The van der Waals surface area contributed by atoms with Gasteiger partial charge in [-0.2, -0.15) is 0 Å². The van der Waals surface area contributed by atoms with Gasteiger partial charge in [-0.05, 0) is 12.1 Å². The Morgan fingerprint density at radius 2 is 2.06 bits per heavy atom. The first kappa shape index (κ1) is 13.5. The van der Waals surface area contributed by atoms with E-state index < -0.39 is 5.91 Å². The number of rotatable bonds is 4. The van der Waals surface area contributed by atoms with E-state index >= 15 is 0 Å². The van der Waals surface area contributed by atoms with E-state index in [1.807, 2.05) is 0 Å². The third-order valence-electron chi connectivity index (χ3n) is 2.14. The molecule has 6 heteroatoms. The lowest BCUT2D eigenvalue weighted by Crippen LogP contribution is -2.37. The standard InChI is InChI=1S/C11H13ClN2O3/c1-14(17-2)10(15)7-13-11(16)8-5-3-4-6-9(8)12/h3-6H,7H2,1-2H3,(H,13,16). The van der Waals surface area contributed by atoms with Crippen molar-refractivity contribution < 1.29 is 14.4 Å². The van der Waals surface area contributed by atoms with Crippen molar-refractivity contribution in [2.24, 2.45) is 0 Å². The summed E-state index contributed by atoms with van der Waals surface area (Å²) in [6.45, 7) is -0.144. The van der Waals surface area contributed by atoms with Crippen molar-refractivity contribution in [1.82, 2.24) is 10.4 Å². The minimum Gasteiger partial charge on any atom is -0.343 e. The molecule has 17 heavy (non-hydrogen) atoms. The molecule has 92 valence electrons. The van der Waals surface area contributed by atoms with Crippen LogP contribution in [0.2, 0.25) is 5.02 Å². The second kappa shape index (κ2) is 6.22. The number of nitrogens with zero attached hydrogens (tertiary/aromatic N) is 1. The number of hydrogen-bond donors (Lipinski definition) is 1. The van der Waals surface area contributed by atoms with Gasteiger partial charge in [-0.25, -0.2) is 5.06 Å². The molecule has 0 spiro atoms. The highest BCUT2D eigenvalue weighted by Gasteiger charge is 2.12. The second-order valence-corrected chi connectivity index (χ2v) is 3.64. The van der Waals surface area contributed by atoms with Crippen LogP contribution in [0.4, 0.5) is 0 Å². The fourth-order valence-corrected chi connectivity index (χ4v) is 1.33. The number of amides is 2. The smallest absolute Gasteiger partial charge is 0.265 e. The number of nitrogens with one attached hydrogen (secondary N) is 1. The Morgan fingerprint density at radius 3 is 2.65 bits per heavy atom. The third kappa shape index (κ3) is 3.72. The van der Waals surface area contributed by atoms with Gasteiger partial charge < -0.3 is 5.32 Å². The zero-order valence-electron chi connectivity index (χ0n) is 9.57. The monoisotopic (exact) mass is 256 g/mol. The Bertz CT molecular complexity index is 423. The molecule has 1 N–H and O–H groups in total. The number of hydrogen-bond acceptors (Lipinski definition) is 3. The summed E-state index contributed by atoms with van der Waals surface area (Å²) in [6.07, 6.45) is 0. The van der Waals surface area contributed by atoms with E-state index in [1.54, 1.807) is 24.3 Å². The molecule has 0 heterocycles. The van der Waals surface area contributed by atoms with Crippen LogP contribution in [0.3, 0.4) is 0 Å². The van der Waals surface area contributed by atoms with Crippen LogP contribution in [0.1, 0.15) is 10.4 Å². The van der Waals surface area contributed by atoms with Crippen LogP contribution in [0.5, 0.6) is 0 Å². The fraction of sp³-hybridized carbons (Fsp3) is 0.273. The van der Waals surface area contributed by atoms with Crippen LogP contribution in [-0.2, 0) is 9.63 Å². The Morgan fingerprint density at radius 1 is 1.41 bits per heavy atom. The average Bonchev–Trinajstić information content (AvgIpc) is 2.35. The molecule has 0 aromatic heterocycles. The van der Waals surface area contributed by atoms with E-state index in [2.05, 4.69) is 10.2 Å². The molecular formula is C11H13ClN2O3. The maximum Gasteiger partial charge on any atom is 0.265 e. The molecule has 5 nitrogen and oxygen atoms in total. The minimum atomic E-state index is -0.395. The zero-order valence-corrected chi connectivity index (χ0v) is 10.3. The lowest BCUT2D eigenvalue weighted by molar-refractivity contribution is -0.167. The van der Waals surface area contributed by atoms with Crippen LogP contribution in [-0.4, -0.2) is 37.6 Å². The van der Waals surface area contributed by atoms with Crippen LogP contribution in [0.15, 0.2) is 24.3 Å². The number of halogens is 1. The summed E-state index contributed by atoms with van der Waals surface area (Å²) >= 11 is 5.84. The zero-order chi connectivity index (χ0) is 12.8. The SMILES string of the molecule is CON(C)C(=O)CNC(=O)c1ccccc1Cl. The van der Waals surface area contributed by atoms with Gasteiger partial charge in [0.05, 0.1) is 24.2 Å². The first-order valence-electron chi connectivity index (χ1n) is 4.89. The first-order valence-corrected chi connectivity index (χ1v) is 5.27. The summed E-state index contributed by atoms with van der Waals surface area (Å²) in [4.78, 5) is 27.7. The van der Waals surface area contributed by atoms with Crippen molar-refractivity contribution in [3.63, 3.8) is 0 Å². The second-order valence-electron chi connectivity index (χ2n) is 3.24. The molecule has 0 bridgehead atoms. The van der Waals surface area contributed by atoms with Gasteiger partial charge in [0, 0.05) is 7.05 Å². The quantitative estimate of drug-likeness (QED) is 0.821. The average molecular weight is 257 g/mol. The van der Waals surface area contributed by atoms with Gasteiger partial charge in [0.25, 0.3) is 11.8 Å². The van der Waals surface area contributed by atoms with Gasteiger partial charge in [0.1, 0.15) is 0 Å². The minimum absolute atomic E-state index is 0.144. The van der Waals surface area contributed by atoms with Crippen molar-refractivity contribution in [2.45, 2.75) is 0 Å². The molecule has 0 atom stereocenters. The molecule has 0 radical (unpaired) electrons. The van der Waals surface area contributed by atoms with Gasteiger partial charge in [0.15, 0.2) is 0 Å². The first-order chi connectivity index (χ1) is 8.06. The van der Waals surface area contributed by atoms with Gasteiger partial charge in [-0.1, -0.05) is 23.7 Å². The van der Waals surface area contributed by atoms with Gasteiger partial charge in [0.2, 0.25) is 0 Å². The van der Waals surface area contributed by atoms with E-state index in [1.165, 1.54) is 14.2 Å². The van der Waals surface area contributed by atoms with Crippen molar-refractivity contribution in [1.29, 1.82) is 0 Å². The van der Waals surface area contributed by atoms with Gasteiger partial charge >= 0.3 is 0 Å². The third-order valence-corrected chi connectivity index (χ3v) is 2.47. The van der Waals surface area contributed by atoms with Crippen LogP contribution >= 0.6 is 11.6 Å². The number of carbonyl (C=O) groups excluding carboxylic acids is 2. The molecular weight excluding hydrogens is 244 g/mol. The molecule has 0 saturated carbocycles. The lowest BCUT2D eigenvalue weighted by atomic mass is 10.2. The summed E-state index contributed by atoms with van der Waals surface area (Å²) in [5.74, 6) is -0.749. The number of benzene rings is 1. The molecule has 0 saturated heterocycles. The van der Waals surface area contributed by atoms with Crippen LogP contribution < -0.4 is 5.32 Å². The van der Waals surface area contributed by atoms with E-state index in [0.29, 0.717) is 10.6 Å². The highest BCUT2D eigenvalue weighted by atomic mass is 35.5. The Balaban J connectivity index is 2.57. The number of likely N-dealkylation sites (N-methyl/N-ethyl adjacent to an activating group) is 1. The van der Waals surface area contributed by atoms with Gasteiger partial charge in [-0.15, -0.1) is 0 Å². The Kier molecular flexibility index (Phi) is 4.93. The number of carbonyl (C=O) groups is 2. The topological polar surface area (TPSA) is 58.6 Å². The van der Waals surface area contributed by atoms with Crippen molar-refractivity contribution >= 4 is 23.4 Å². The van der Waals surface area contributed by atoms with Crippen molar-refractivity contribution in [3.8, 4) is 0 Å². The van der Waals surface area contributed by atoms with Crippen molar-refractivity contribution in [2.75, 3.05) is 20.7 Å². The summed E-state index contributed by atoms with van der Waals surface area (Å²) in [5.41, 5.74) is 0.335. The Labute approximate surface area is 104 Å². The molecule has 2 amide bonds. The largest absolute Gasteiger partial charge is 0.343 e. The maximum atomic E-state index is 11.7. The van der Waals surface area contributed by atoms with E-state index in [-0.39, 0.29) is 12.5 Å². The van der Waals surface area contributed by atoms with Crippen molar-refractivity contribution in [3.05, 3.63) is 34.9 Å². The lowest BCUT2D eigenvalue weighted by Gasteiger charge is -2.14. The summed E-state index contributed by atoms with van der Waals surface area (Å²) in [6, 6.07) is 6.62. The predicted octanol–water partition coefficient (Wildman–Crippen LogP) is 1.09. The van der Waals surface area contributed by atoms with E-state index in [9.17, 15) is 9.59 Å². The summed E-state index contributed by atoms with van der Waals surface area (Å²) in [7, 11) is 2.83. The summed E-state index contributed by atoms with van der Waals surface area (Å²) in [5, 5.41) is 3.84. The highest BCUT2D eigenvalue weighted by molar-refractivity contribution is 6.33. The molecule has 0 fully saturated rings. The molecule has 0 aliphatic carbocycles. The molecule has 1 aromatic rings. The molecule has 1 rings (SSSR count). The molecule has 0 unspecified atom stereocenters.